The summed E-state index contributed by atoms with van der Waals surface area (Å²) in [6, 6.07) is 15.1. The average Bonchev–Trinajstić information content (AvgIpc) is 3.31. The van der Waals surface area contributed by atoms with Gasteiger partial charge in [0.1, 0.15) is 6.54 Å². The number of fused-ring (bicyclic) bond motifs is 4. The van der Waals surface area contributed by atoms with Gasteiger partial charge in [-0.05, 0) is 68.8 Å². The molecule has 4 heterocycles. The van der Waals surface area contributed by atoms with E-state index in [0.717, 1.165) is 59.9 Å². The molecule has 1 saturated heterocycles. The molecule has 4 aromatic rings. The predicted octanol–water partition coefficient (Wildman–Crippen LogP) is 5.64. The van der Waals surface area contributed by atoms with Crippen molar-refractivity contribution in [2.45, 2.75) is 83.5 Å². The molecule has 2 aliphatic rings. The minimum atomic E-state index is -0.300. The molecule has 1 N–H and O–H groups in total. The summed E-state index contributed by atoms with van der Waals surface area (Å²) in [4.78, 5) is 27.9. The number of pyridine rings is 2. The third-order valence-corrected chi connectivity index (χ3v) is 8.87. The fourth-order valence-corrected chi connectivity index (χ4v) is 6.75. The molecular weight excluding hydrogens is 498 g/mol. The number of nitrogens with zero attached hydrogens (tertiary/aromatic N) is 5. The molecule has 7 heteroatoms. The SMILES string of the molecule is CCCCCN(Cc1nccc2c3ccccc3n(CC(=O)N3CCC(O)CC3)c12)[C@H]1CCCc2cccnc21. The molecule has 1 aromatic carbocycles. The van der Waals surface area contributed by atoms with Gasteiger partial charge in [0.25, 0.3) is 0 Å². The largest absolute Gasteiger partial charge is 0.393 e. The summed E-state index contributed by atoms with van der Waals surface area (Å²) >= 11 is 0. The Morgan fingerprint density at radius 1 is 1.00 bits per heavy atom. The summed E-state index contributed by atoms with van der Waals surface area (Å²) in [7, 11) is 0. The molecule has 0 spiro atoms. The number of likely N-dealkylation sites (tertiary alicyclic amines) is 1. The lowest BCUT2D eigenvalue weighted by Crippen LogP contribution is -2.41. The van der Waals surface area contributed by atoms with Crippen LogP contribution < -0.4 is 0 Å². The van der Waals surface area contributed by atoms with Gasteiger partial charge in [-0.25, -0.2) is 0 Å². The number of aliphatic hydroxyl groups is 1. The van der Waals surface area contributed by atoms with E-state index < -0.39 is 0 Å². The normalized spacial score (nSPS) is 18.1. The van der Waals surface area contributed by atoms with Crippen LogP contribution >= 0.6 is 0 Å². The highest BCUT2D eigenvalue weighted by molar-refractivity contribution is 6.09. The lowest BCUT2D eigenvalue weighted by atomic mass is 9.90. The maximum Gasteiger partial charge on any atom is 0.242 e. The number of hydrogen-bond acceptors (Lipinski definition) is 5. The molecule has 7 nitrogen and oxygen atoms in total. The zero-order valence-electron chi connectivity index (χ0n) is 23.6. The smallest absolute Gasteiger partial charge is 0.242 e. The van der Waals surface area contributed by atoms with Crippen molar-refractivity contribution in [1.29, 1.82) is 0 Å². The Labute approximate surface area is 236 Å². The Balaban J connectivity index is 1.39. The van der Waals surface area contributed by atoms with Crippen molar-refractivity contribution in [2.24, 2.45) is 0 Å². The van der Waals surface area contributed by atoms with Crippen molar-refractivity contribution >= 4 is 27.7 Å². The zero-order valence-corrected chi connectivity index (χ0v) is 23.6. The molecule has 0 saturated carbocycles. The number of piperidine rings is 1. The monoisotopic (exact) mass is 539 g/mol. The van der Waals surface area contributed by atoms with Gasteiger partial charge in [-0.1, -0.05) is 44.0 Å². The molecule has 40 heavy (non-hydrogen) atoms. The highest BCUT2D eigenvalue weighted by atomic mass is 16.3. The fourth-order valence-electron chi connectivity index (χ4n) is 6.75. The van der Waals surface area contributed by atoms with E-state index in [-0.39, 0.29) is 24.6 Å². The van der Waals surface area contributed by atoms with E-state index >= 15 is 0 Å². The standard InChI is InChI=1S/C33H41N5O2/c1-2-3-6-19-37(30-13-7-9-24-10-8-17-35-32(24)30)22-28-33-27(14-18-34-28)26-11-4-5-12-29(26)38(33)23-31(40)36-20-15-25(39)16-21-36/h4-5,8,10-12,14,17-18,25,30,39H,2-3,6-7,9,13,15-16,19-23H2,1H3/t30-/m0/s1. The first-order valence-electron chi connectivity index (χ1n) is 15.1. The van der Waals surface area contributed by atoms with Gasteiger partial charge in [-0.3, -0.25) is 19.7 Å². The van der Waals surface area contributed by atoms with Crippen LogP contribution in [-0.2, 0) is 24.3 Å². The summed E-state index contributed by atoms with van der Waals surface area (Å²) < 4.78 is 2.19. The van der Waals surface area contributed by atoms with E-state index in [2.05, 4.69) is 52.8 Å². The van der Waals surface area contributed by atoms with Crippen LogP contribution in [0, 0.1) is 0 Å². The van der Waals surface area contributed by atoms with Crippen molar-refractivity contribution in [3.05, 3.63) is 71.8 Å². The van der Waals surface area contributed by atoms with Gasteiger partial charge >= 0.3 is 0 Å². The summed E-state index contributed by atoms with van der Waals surface area (Å²) in [6.45, 7) is 5.48. The Morgan fingerprint density at radius 3 is 2.70 bits per heavy atom. The molecule has 210 valence electrons. The Kier molecular flexibility index (Phi) is 8.12. The van der Waals surface area contributed by atoms with Crippen molar-refractivity contribution in [3.8, 4) is 0 Å². The Bertz CT molecular complexity index is 1470. The number of benzene rings is 1. The number of rotatable bonds is 9. The molecule has 1 amide bonds. The second-order valence-electron chi connectivity index (χ2n) is 11.5. The van der Waals surface area contributed by atoms with Gasteiger partial charge in [-0.2, -0.15) is 0 Å². The summed E-state index contributed by atoms with van der Waals surface area (Å²) in [6.07, 6.45) is 11.8. The summed E-state index contributed by atoms with van der Waals surface area (Å²) in [5, 5.41) is 12.3. The highest BCUT2D eigenvalue weighted by Crippen LogP contribution is 2.36. The maximum absolute atomic E-state index is 13.5. The first kappa shape index (κ1) is 26.9. The number of para-hydroxylation sites is 1. The van der Waals surface area contributed by atoms with Crippen LogP contribution in [0.25, 0.3) is 21.8 Å². The number of carbonyl (C=O) groups is 1. The van der Waals surface area contributed by atoms with Crippen LogP contribution in [0.4, 0.5) is 0 Å². The number of aromatic nitrogens is 3. The van der Waals surface area contributed by atoms with Crippen LogP contribution in [0.5, 0.6) is 0 Å². The van der Waals surface area contributed by atoms with E-state index in [9.17, 15) is 9.90 Å². The minimum Gasteiger partial charge on any atom is -0.393 e. The van der Waals surface area contributed by atoms with E-state index in [1.807, 2.05) is 23.4 Å². The molecule has 3 aromatic heterocycles. The number of unbranched alkanes of at least 4 members (excludes halogenated alkanes) is 2. The number of amides is 1. The summed E-state index contributed by atoms with van der Waals surface area (Å²) in [5.74, 6) is 0.106. The van der Waals surface area contributed by atoms with Gasteiger partial charge in [0.2, 0.25) is 5.91 Å². The average molecular weight is 540 g/mol. The molecule has 0 radical (unpaired) electrons. The topological polar surface area (TPSA) is 74.5 Å². The number of aryl methyl sites for hydroxylation is 1. The van der Waals surface area contributed by atoms with E-state index in [1.165, 1.54) is 30.5 Å². The molecule has 1 fully saturated rings. The first-order chi connectivity index (χ1) is 19.6. The van der Waals surface area contributed by atoms with Crippen molar-refractivity contribution < 1.29 is 9.90 Å². The van der Waals surface area contributed by atoms with E-state index in [1.54, 1.807) is 0 Å². The van der Waals surface area contributed by atoms with Gasteiger partial charge in [-0.15, -0.1) is 0 Å². The predicted molar refractivity (Wildman–Crippen MR) is 159 cm³/mol. The van der Waals surface area contributed by atoms with Gasteiger partial charge in [0, 0.05) is 48.3 Å². The van der Waals surface area contributed by atoms with Crippen LogP contribution in [-0.4, -0.2) is 61.1 Å². The van der Waals surface area contributed by atoms with Gasteiger partial charge in [0.15, 0.2) is 0 Å². The van der Waals surface area contributed by atoms with Crippen molar-refractivity contribution in [3.63, 3.8) is 0 Å². The molecule has 6 rings (SSSR count). The third kappa shape index (κ3) is 5.37. The third-order valence-electron chi connectivity index (χ3n) is 8.87. The van der Waals surface area contributed by atoms with Gasteiger partial charge in [0.05, 0.1) is 29.1 Å². The molecular formula is C33H41N5O2. The van der Waals surface area contributed by atoms with Gasteiger partial charge < -0.3 is 14.6 Å². The number of carbonyl (C=O) groups excluding carboxylic acids is 1. The Hall–Kier alpha value is -3.29. The van der Waals surface area contributed by atoms with E-state index in [4.69, 9.17) is 9.97 Å². The molecule has 1 atom stereocenters. The van der Waals surface area contributed by atoms with Crippen molar-refractivity contribution in [1.82, 2.24) is 24.3 Å². The Morgan fingerprint density at radius 2 is 1.85 bits per heavy atom. The van der Waals surface area contributed by atoms with E-state index in [0.29, 0.717) is 25.9 Å². The van der Waals surface area contributed by atoms with Crippen molar-refractivity contribution in [2.75, 3.05) is 19.6 Å². The number of hydrogen-bond donors (Lipinski definition) is 1. The zero-order chi connectivity index (χ0) is 27.5. The number of aliphatic hydroxyl groups excluding tert-OH is 1. The highest BCUT2D eigenvalue weighted by Gasteiger charge is 2.29. The summed E-state index contributed by atoms with van der Waals surface area (Å²) in [5.41, 5.74) is 5.75. The van der Waals surface area contributed by atoms with Crippen LogP contribution in [0.15, 0.2) is 54.9 Å². The molecule has 0 bridgehead atoms. The lowest BCUT2D eigenvalue weighted by molar-refractivity contribution is -0.133. The van der Waals surface area contributed by atoms with Crippen LogP contribution in [0.1, 0.15) is 74.9 Å². The maximum atomic E-state index is 13.5. The molecule has 1 aliphatic heterocycles. The quantitative estimate of drug-likeness (QED) is 0.279. The second kappa shape index (κ2) is 12.1. The fraction of sp³-hybridized carbons (Fsp3) is 0.485. The van der Waals surface area contributed by atoms with Crippen LogP contribution in [0.3, 0.4) is 0 Å². The van der Waals surface area contributed by atoms with Crippen LogP contribution in [0.2, 0.25) is 0 Å². The second-order valence-corrected chi connectivity index (χ2v) is 11.5. The molecule has 0 unspecified atom stereocenters. The molecule has 1 aliphatic carbocycles. The lowest BCUT2D eigenvalue weighted by Gasteiger charge is -2.35. The minimum absolute atomic E-state index is 0.106. The first-order valence-corrected chi connectivity index (χ1v) is 15.1.